The number of alkyl halides is 3. The van der Waals surface area contributed by atoms with Crippen molar-refractivity contribution in [1.29, 1.82) is 0 Å². The Kier molecular flexibility index (Phi) is 9.80. The molecule has 0 bridgehead atoms. The zero-order valence-corrected chi connectivity index (χ0v) is 26.5. The number of aromatic nitrogens is 3. The SMILES string of the molecule is Cc1ccc(C(C)C)c(N2C(=O)CS/C2=N\C(=O)NCCC(C)c2ccc(-c3ncn(-c4ccc(OC(F)(F)F)cc4)n3)cc2)c1. The predicted molar refractivity (Wildman–Crippen MR) is 173 cm³/mol. The van der Waals surface area contributed by atoms with Crippen LogP contribution in [0.15, 0.2) is 78.0 Å². The molecule has 240 valence electrons. The van der Waals surface area contributed by atoms with Crippen molar-refractivity contribution < 1.29 is 27.5 Å². The first-order valence-electron chi connectivity index (χ1n) is 14.7. The van der Waals surface area contributed by atoms with Gasteiger partial charge >= 0.3 is 12.4 Å². The zero-order chi connectivity index (χ0) is 33.0. The van der Waals surface area contributed by atoms with Crippen molar-refractivity contribution in [3.63, 3.8) is 0 Å². The number of nitrogens with one attached hydrogen (secondary N) is 1. The summed E-state index contributed by atoms with van der Waals surface area (Å²) in [6.45, 7) is 8.56. The summed E-state index contributed by atoms with van der Waals surface area (Å²) in [6, 6.07) is 18.6. The third-order valence-electron chi connectivity index (χ3n) is 7.43. The number of halogens is 3. The quantitative estimate of drug-likeness (QED) is 0.200. The number of amidine groups is 1. The standard InChI is InChI=1S/C33H33F3N6O3S/c1-20(2)27-14-5-21(3)17-28(27)42-29(43)18-46-32(42)39-31(44)37-16-15-22(4)23-6-8-24(9-7-23)30-38-19-41(40-30)25-10-12-26(13-11-25)45-33(34,35)36/h5-14,17,19-20,22H,15-16,18H2,1-4H3,(H,37,44)/b39-32-. The van der Waals surface area contributed by atoms with Crippen molar-refractivity contribution in [3.05, 3.63) is 89.7 Å². The number of benzene rings is 3. The molecule has 46 heavy (non-hydrogen) atoms. The third-order valence-corrected chi connectivity index (χ3v) is 8.35. The molecular formula is C33H33F3N6O3S. The molecular weight excluding hydrogens is 617 g/mol. The van der Waals surface area contributed by atoms with Crippen molar-refractivity contribution in [2.45, 2.75) is 52.3 Å². The fourth-order valence-corrected chi connectivity index (χ4v) is 5.85. The van der Waals surface area contributed by atoms with Crippen molar-refractivity contribution in [2.75, 3.05) is 17.2 Å². The van der Waals surface area contributed by atoms with Crippen molar-refractivity contribution >= 4 is 34.6 Å². The Morgan fingerprint density at radius 3 is 2.46 bits per heavy atom. The first-order valence-corrected chi connectivity index (χ1v) is 15.7. The Bertz CT molecular complexity index is 1740. The van der Waals surface area contributed by atoms with E-state index >= 15 is 0 Å². The number of aryl methyl sites for hydroxylation is 1. The first kappa shape index (κ1) is 32.7. The second-order valence-corrected chi connectivity index (χ2v) is 12.2. The van der Waals surface area contributed by atoms with Crippen LogP contribution in [-0.4, -0.2) is 50.5 Å². The molecule has 5 rings (SSSR count). The van der Waals surface area contributed by atoms with Crippen LogP contribution in [-0.2, 0) is 4.79 Å². The Hall–Kier alpha value is -4.65. The normalized spacial score (nSPS) is 15.1. The van der Waals surface area contributed by atoms with Crippen LogP contribution in [0.4, 0.5) is 23.7 Å². The molecule has 3 amide bonds. The molecule has 1 aliphatic heterocycles. The predicted octanol–water partition coefficient (Wildman–Crippen LogP) is 7.60. The van der Waals surface area contributed by atoms with Gasteiger partial charge in [-0.3, -0.25) is 9.69 Å². The molecule has 1 atom stereocenters. The molecule has 1 unspecified atom stereocenters. The lowest BCUT2D eigenvalue weighted by Gasteiger charge is -2.22. The Balaban J connectivity index is 1.16. The topological polar surface area (TPSA) is 102 Å². The molecule has 2 heterocycles. The van der Waals surface area contributed by atoms with Gasteiger partial charge in [-0.25, -0.2) is 14.5 Å². The number of carbonyl (C=O) groups excluding carboxylic acids is 2. The highest BCUT2D eigenvalue weighted by molar-refractivity contribution is 8.15. The number of thioether (sulfide) groups is 1. The zero-order valence-electron chi connectivity index (χ0n) is 25.7. The Morgan fingerprint density at radius 2 is 1.78 bits per heavy atom. The maximum Gasteiger partial charge on any atom is 0.573 e. The number of aliphatic imine (C=N–C) groups is 1. The van der Waals surface area contributed by atoms with Gasteiger partial charge in [0.05, 0.1) is 17.1 Å². The summed E-state index contributed by atoms with van der Waals surface area (Å²) in [5.41, 5.74) is 5.18. The van der Waals surface area contributed by atoms with Gasteiger partial charge in [-0.2, -0.15) is 4.99 Å². The minimum Gasteiger partial charge on any atom is -0.406 e. The van der Waals surface area contributed by atoms with Gasteiger partial charge in [0.15, 0.2) is 11.0 Å². The Morgan fingerprint density at radius 1 is 1.07 bits per heavy atom. The van der Waals surface area contributed by atoms with E-state index in [1.165, 1.54) is 47.0 Å². The van der Waals surface area contributed by atoms with Gasteiger partial charge in [0.25, 0.3) is 0 Å². The van der Waals surface area contributed by atoms with E-state index in [1.54, 1.807) is 4.90 Å². The molecule has 4 aromatic rings. The van der Waals surface area contributed by atoms with Crippen LogP contribution in [0.1, 0.15) is 55.7 Å². The van der Waals surface area contributed by atoms with Gasteiger partial charge in [0.2, 0.25) is 5.91 Å². The fraction of sp³-hybridized carbons (Fsp3) is 0.303. The second kappa shape index (κ2) is 13.8. The summed E-state index contributed by atoms with van der Waals surface area (Å²) in [5, 5.41) is 7.67. The summed E-state index contributed by atoms with van der Waals surface area (Å²) in [5.74, 6) is 0.604. The number of anilines is 1. The van der Waals surface area contributed by atoms with Crippen LogP contribution >= 0.6 is 11.8 Å². The monoisotopic (exact) mass is 650 g/mol. The molecule has 0 spiro atoms. The minimum absolute atomic E-state index is 0.100. The van der Waals surface area contributed by atoms with E-state index in [1.807, 2.05) is 49.4 Å². The lowest BCUT2D eigenvalue weighted by molar-refractivity contribution is -0.274. The molecule has 9 nitrogen and oxygen atoms in total. The lowest BCUT2D eigenvalue weighted by atomic mass is 9.96. The first-order chi connectivity index (χ1) is 21.9. The highest BCUT2D eigenvalue weighted by Gasteiger charge is 2.33. The number of carbonyl (C=O) groups is 2. The molecule has 0 radical (unpaired) electrons. The van der Waals surface area contributed by atoms with Crippen molar-refractivity contribution in [2.24, 2.45) is 4.99 Å². The van der Waals surface area contributed by atoms with E-state index in [4.69, 9.17) is 0 Å². The molecule has 1 fully saturated rings. The lowest BCUT2D eigenvalue weighted by Crippen LogP contribution is -2.32. The molecule has 0 aliphatic carbocycles. The summed E-state index contributed by atoms with van der Waals surface area (Å²) >= 11 is 1.26. The highest BCUT2D eigenvalue weighted by Crippen LogP contribution is 2.34. The molecule has 3 aromatic carbocycles. The molecule has 1 N–H and O–H groups in total. The molecule has 13 heteroatoms. The summed E-state index contributed by atoms with van der Waals surface area (Å²) in [6.07, 6.45) is -2.60. The molecule has 1 aliphatic rings. The van der Waals surface area contributed by atoms with Gasteiger partial charge < -0.3 is 10.1 Å². The number of amides is 3. The van der Waals surface area contributed by atoms with E-state index in [-0.39, 0.29) is 29.2 Å². The van der Waals surface area contributed by atoms with E-state index in [0.717, 1.165) is 27.9 Å². The Labute approximate surface area is 268 Å². The largest absolute Gasteiger partial charge is 0.573 e. The average molecular weight is 651 g/mol. The second-order valence-electron chi connectivity index (χ2n) is 11.2. The van der Waals surface area contributed by atoms with E-state index in [9.17, 15) is 22.8 Å². The van der Waals surface area contributed by atoms with Crippen LogP contribution in [0, 0.1) is 6.92 Å². The van der Waals surface area contributed by atoms with Gasteiger partial charge in [0, 0.05) is 12.1 Å². The highest BCUT2D eigenvalue weighted by atomic mass is 32.2. The van der Waals surface area contributed by atoms with Gasteiger partial charge in [-0.15, -0.1) is 18.3 Å². The van der Waals surface area contributed by atoms with Crippen LogP contribution in [0.2, 0.25) is 0 Å². The average Bonchev–Trinajstić information content (AvgIpc) is 3.63. The minimum atomic E-state index is -4.76. The van der Waals surface area contributed by atoms with Crippen LogP contribution in [0.25, 0.3) is 17.1 Å². The van der Waals surface area contributed by atoms with Crippen LogP contribution in [0.5, 0.6) is 5.75 Å². The van der Waals surface area contributed by atoms with Crippen molar-refractivity contribution in [1.82, 2.24) is 20.1 Å². The number of nitrogens with zero attached hydrogens (tertiary/aromatic N) is 5. The smallest absolute Gasteiger partial charge is 0.406 e. The molecule has 1 aromatic heterocycles. The fourth-order valence-electron chi connectivity index (χ4n) is 4.99. The molecule has 1 saturated heterocycles. The summed E-state index contributed by atoms with van der Waals surface area (Å²) < 4.78 is 42.7. The van der Waals surface area contributed by atoms with Crippen LogP contribution in [0.3, 0.4) is 0 Å². The number of rotatable bonds is 9. The van der Waals surface area contributed by atoms with E-state index < -0.39 is 12.4 Å². The van der Waals surface area contributed by atoms with Gasteiger partial charge in [0.1, 0.15) is 12.1 Å². The maximum atomic E-state index is 12.8. The summed E-state index contributed by atoms with van der Waals surface area (Å²) in [4.78, 5) is 35.7. The summed E-state index contributed by atoms with van der Waals surface area (Å²) in [7, 11) is 0. The van der Waals surface area contributed by atoms with Gasteiger partial charge in [-0.05, 0) is 72.2 Å². The number of hydrogen-bond donors (Lipinski definition) is 1. The number of hydrogen-bond acceptors (Lipinski definition) is 6. The van der Waals surface area contributed by atoms with Crippen molar-refractivity contribution in [3.8, 4) is 22.8 Å². The molecule has 0 saturated carbocycles. The van der Waals surface area contributed by atoms with E-state index in [0.29, 0.717) is 29.6 Å². The third kappa shape index (κ3) is 7.94. The maximum absolute atomic E-state index is 12.8. The number of urea groups is 1. The van der Waals surface area contributed by atoms with Crippen LogP contribution < -0.4 is 15.0 Å². The van der Waals surface area contributed by atoms with Gasteiger partial charge in [-0.1, -0.05) is 68.9 Å². The van der Waals surface area contributed by atoms with E-state index in [2.05, 4.69) is 45.9 Å². The number of ether oxygens (including phenoxy) is 1.